The van der Waals surface area contributed by atoms with Gasteiger partial charge >= 0.3 is 5.97 Å². The molecule has 5 rings (SSSR count). The van der Waals surface area contributed by atoms with Crippen molar-refractivity contribution in [1.29, 1.82) is 0 Å². The molecule has 34 heavy (non-hydrogen) atoms. The Hall–Kier alpha value is -3.43. The Morgan fingerprint density at radius 3 is 2.76 bits per heavy atom. The van der Waals surface area contributed by atoms with Gasteiger partial charge in [0, 0.05) is 11.7 Å². The van der Waals surface area contributed by atoms with E-state index in [9.17, 15) is 14.0 Å². The van der Waals surface area contributed by atoms with Crippen molar-refractivity contribution in [3.05, 3.63) is 76.9 Å². The van der Waals surface area contributed by atoms with E-state index in [1.165, 1.54) is 19.2 Å². The van der Waals surface area contributed by atoms with Gasteiger partial charge in [-0.15, -0.1) is 0 Å². The zero-order valence-corrected chi connectivity index (χ0v) is 19.0. The van der Waals surface area contributed by atoms with Crippen LogP contribution in [0.25, 0.3) is 0 Å². The standard InChI is InChI=1S/C25H27FN4O4/c1-3-7-17-19-22(29-28-17)34-21(27)20(23(31)33-2)25(19)16-10-4-5-11-18(16)30(24(25)32)13-14-8-6-9-15(26)12-14/h4-6,8-12,17,19,22,28-29H,3,7,13,27H2,1-2H3. The minimum absolute atomic E-state index is 0.00189. The summed E-state index contributed by atoms with van der Waals surface area (Å²) in [5, 5.41) is 0. The van der Waals surface area contributed by atoms with Crippen LogP contribution in [0.3, 0.4) is 0 Å². The van der Waals surface area contributed by atoms with Gasteiger partial charge in [0.05, 0.1) is 19.6 Å². The summed E-state index contributed by atoms with van der Waals surface area (Å²) in [7, 11) is 1.26. The van der Waals surface area contributed by atoms with Gasteiger partial charge in [0.25, 0.3) is 0 Å². The molecule has 0 bridgehead atoms. The molecule has 0 radical (unpaired) electrons. The third-order valence-corrected chi connectivity index (χ3v) is 6.99. The summed E-state index contributed by atoms with van der Waals surface area (Å²) < 4.78 is 24.9. The van der Waals surface area contributed by atoms with Crippen LogP contribution >= 0.6 is 0 Å². The van der Waals surface area contributed by atoms with Gasteiger partial charge in [0.2, 0.25) is 5.91 Å². The molecule has 4 unspecified atom stereocenters. The number of nitrogens with one attached hydrogen (secondary N) is 2. The molecule has 1 saturated heterocycles. The molecule has 1 fully saturated rings. The molecule has 0 aromatic heterocycles. The second-order valence-corrected chi connectivity index (χ2v) is 8.83. The number of esters is 1. The Kier molecular flexibility index (Phi) is 5.53. The van der Waals surface area contributed by atoms with E-state index in [0.717, 1.165) is 12.8 Å². The summed E-state index contributed by atoms with van der Waals surface area (Å²) in [6, 6.07) is 13.3. The van der Waals surface area contributed by atoms with Crippen LogP contribution in [0, 0.1) is 11.7 Å². The fraction of sp³-hybridized carbons (Fsp3) is 0.360. The number of fused-ring (bicyclic) bond motifs is 4. The number of para-hydroxylation sites is 1. The van der Waals surface area contributed by atoms with E-state index in [4.69, 9.17) is 15.2 Å². The maximum absolute atomic E-state index is 14.5. The summed E-state index contributed by atoms with van der Waals surface area (Å²) in [6.45, 7) is 2.19. The van der Waals surface area contributed by atoms with Gasteiger partial charge in [0.1, 0.15) is 16.8 Å². The van der Waals surface area contributed by atoms with E-state index in [1.54, 1.807) is 17.0 Å². The summed E-state index contributed by atoms with van der Waals surface area (Å²) in [5.41, 5.74) is 13.2. The molecule has 8 nitrogen and oxygen atoms in total. The van der Waals surface area contributed by atoms with Crippen LogP contribution in [0.15, 0.2) is 60.0 Å². The summed E-state index contributed by atoms with van der Waals surface area (Å²) >= 11 is 0. The van der Waals surface area contributed by atoms with Crippen molar-refractivity contribution in [2.45, 2.75) is 44.0 Å². The molecule has 3 aliphatic heterocycles. The van der Waals surface area contributed by atoms with Crippen molar-refractivity contribution in [2.24, 2.45) is 11.7 Å². The minimum atomic E-state index is -1.43. The van der Waals surface area contributed by atoms with E-state index in [1.807, 2.05) is 24.3 Å². The highest BCUT2D eigenvalue weighted by molar-refractivity contribution is 6.16. The smallest absolute Gasteiger partial charge is 0.340 e. The van der Waals surface area contributed by atoms with E-state index < -0.39 is 23.5 Å². The number of amides is 1. The minimum Gasteiger partial charge on any atom is -0.465 e. The lowest BCUT2D eigenvalue weighted by atomic mass is 9.61. The fourth-order valence-corrected chi connectivity index (χ4v) is 5.71. The lowest BCUT2D eigenvalue weighted by Gasteiger charge is -2.43. The fourth-order valence-electron chi connectivity index (χ4n) is 5.71. The van der Waals surface area contributed by atoms with Crippen molar-refractivity contribution in [3.8, 4) is 0 Å². The third kappa shape index (κ3) is 3.11. The number of hydrogen-bond donors (Lipinski definition) is 3. The van der Waals surface area contributed by atoms with E-state index in [0.29, 0.717) is 16.8 Å². The number of ether oxygens (including phenoxy) is 2. The maximum Gasteiger partial charge on any atom is 0.340 e. The second-order valence-electron chi connectivity index (χ2n) is 8.83. The topological polar surface area (TPSA) is 106 Å². The van der Waals surface area contributed by atoms with Crippen LogP contribution in [0.5, 0.6) is 0 Å². The zero-order chi connectivity index (χ0) is 24.0. The van der Waals surface area contributed by atoms with Gasteiger partial charge in [-0.2, -0.15) is 0 Å². The number of anilines is 1. The Morgan fingerprint density at radius 1 is 1.24 bits per heavy atom. The first-order valence-electron chi connectivity index (χ1n) is 11.4. The molecule has 2 aromatic carbocycles. The summed E-state index contributed by atoms with van der Waals surface area (Å²) in [4.78, 5) is 29.3. The molecular formula is C25H27FN4O4. The van der Waals surface area contributed by atoms with Gasteiger partial charge in [-0.3, -0.25) is 10.2 Å². The van der Waals surface area contributed by atoms with Crippen LogP contribution in [-0.2, 0) is 31.0 Å². The van der Waals surface area contributed by atoms with Crippen LogP contribution in [-0.4, -0.2) is 31.3 Å². The van der Waals surface area contributed by atoms with E-state index in [2.05, 4.69) is 17.8 Å². The van der Waals surface area contributed by atoms with Crippen molar-refractivity contribution >= 4 is 17.6 Å². The number of nitrogens with two attached hydrogens (primary N) is 1. The summed E-state index contributed by atoms with van der Waals surface area (Å²) in [6.07, 6.45) is 0.970. The number of rotatable bonds is 5. The molecule has 0 aliphatic carbocycles. The number of hydrazine groups is 1. The normalized spacial score (nSPS) is 27.6. The summed E-state index contributed by atoms with van der Waals surface area (Å²) in [5.74, 6) is -2.03. The van der Waals surface area contributed by atoms with E-state index in [-0.39, 0.29) is 35.8 Å². The predicted molar refractivity (Wildman–Crippen MR) is 122 cm³/mol. The first-order valence-corrected chi connectivity index (χ1v) is 11.4. The van der Waals surface area contributed by atoms with Crippen molar-refractivity contribution in [1.82, 2.24) is 10.9 Å². The van der Waals surface area contributed by atoms with Crippen molar-refractivity contribution in [2.75, 3.05) is 12.0 Å². The van der Waals surface area contributed by atoms with E-state index >= 15 is 0 Å². The largest absolute Gasteiger partial charge is 0.465 e. The average molecular weight is 467 g/mol. The number of halogens is 1. The first kappa shape index (κ1) is 22.4. The quantitative estimate of drug-likeness (QED) is 0.580. The van der Waals surface area contributed by atoms with Crippen LogP contribution in [0.2, 0.25) is 0 Å². The Bertz CT molecular complexity index is 1190. The number of hydrogen-bond acceptors (Lipinski definition) is 7. The zero-order valence-electron chi connectivity index (χ0n) is 19.0. The number of carbonyl (C=O) groups is 2. The Balaban J connectivity index is 1.74. The second kappa shape index (κ2) is 8.41. The van der Waals surface area contributed by atoms with Crippen LogP contribution < -0.4 is 21.5 Å². The van der Waals surface area contributed by atoms with Gasteiger partial charge in [-0.1, -0.05) is 43.7 Å². The first-order chi connectivity index (χ1) is 16.4. The lowest BCUT2D eigenvalue weighted by Crippen LogP contribution is -2.58. The van der Waals surface area contributed by atoms with Gasteiger partial charge in [-0.05, 0) is 35.7 Å². The van der Waals surface area contributed by atoms with Crippen molar-refractivity contribution < 1.29 is 23.5 Å². The lowest BCUT2D eigenvalue weighted by molar-refractivity contribution is -0.142. The molecule has 1 amide bonds. The highest BCUT2D eigenvalue weighted by Gasteiger charge is 2.68. The third-order valence-electron chi connectivity index (χ3n) is 6.99. The van der Waals surface area contributed by atoms with Crippen LogP contribution in [0.1, 0.15) is 30.9 Å². The monoisotopic (exact) mass is 466 g/mol. The molecule has 4 atom stereocenters. The number of carbonyl (C=O) groups excluding carboxylic acids is 2. The maximum atomic E-state index is 14.5. The molecule has 1 spiro atoms. The molecule has 3 heterocycles. The van der Waals surface area contributed by atoms with Crippen molar-refractivity contribution in [3.63, 3.8) is 0 Å². The molecule has 178 valence electrons. The number of benzene rings is 2. The average Bonchev–Trinajstić information content (AvgIpc) is 3.32. The molecule has 4 N–H and O–H groups in total. The predicted octanol–water partition coefficient (Wildman–Crippen LogP) is 2.20. The molecule has 3 aliphatic rings. The molecule has 2 aromatic rings. The van der Waals surface area contributed by atoms with Gasteiger partial charge < -0.3 is 20.1 Å². The molecule has 9 heteroatoms. The van der Waals surface area contributed by atoms with Crippen LogP contribution in [0.4, 0.5) is 10.1 Å². The SMILES string of the molecule is CCCC1NNC2OC(N)=C(C(=O)OC)C3(C(=O)N(Cc4cccc(F)c4)c4ccccc43)C12. The number of nitrogens with zero attached hydrogens (tertiary/aromatic N) is 1. The Morgan fingerprint density at radius 2 is 2.03 bits per heavy atom. The highest BCUT2D eigenvalue weighted by Crippen LogP contribution is 2.56. The van der Waals surface area contributed by atoms with Gasteiger partial charge in [-0.25, -0.2) is 14.6 Å². The highest BCUT2D eigenvalue weighted by atomic mass is 19.1. The molecular weight excluding hydrogens is 439 g/mol. The Labute approximate surface area is 196 Å². The number of methoxy groups -OCH3 is 1. The molecule has 0 saturated carbocycles. The van der Waals surface area contributed by atoms with Gasteiger partial charge in [0.15, 0.2) is 12.1 Å².